The molecular weight excluding hydrogens is 411 g/mol. The van der Waals surface area contributed by atoms with E-state index in [1.165, 1.54) is 5.57 Å². The van der Waals surface area contributed by atoms with Gasteiger partial charge < -0.3 is 14.8 Å². The molecule has 2 heterocycles. The van der Waals surface area contributed by atoms with Gasteiger partial charge in [-0.1, -0.05) is 60.9 Å². The normalized spacial score (nSPS) is 23.5. The first-order valence-electron chi connectivity index (χ1n) is 10.9. The lowest BCUT2D eigenvalue weighted by Gasteiger charge is -2.32. The number of allylic oxidation sites excluding steroid dienone is 1. The van der Waals surface area contributed by atoms with Crippen LogP contribution in [0.15, 0.2) is 53.1 Å². The Hall–Kier alpha value is -2.09. The molecule has 2 aromatic rings. The summed E-state index contributed by atoms with van der Waals surface area (Å²) in [5, 5.41) is 21.5. The van der Waals surface area contributed by atoms with Crippen LogP contribution in [0.5, 0.6) is 5.75 Å². The SMILES string of the molecule is CCC/C(=C\c1ccc(O)c2ccccc12)CC[C@H]1OB(O)C[C@H]2C1=C(C)CS2(=O)=O. The van der Waals surface area contributed by atoms with Gasteiger partial charge in [0.2, 0.25) is 0 Å². The molecule has 2 aliphatic heterocycles. The third-order valence-corrected chi connectivity index (χ3v) is 8.52. The smallest absolute Gasteiger partial charge is 0.456 e. The summed E-state index contributed by atoms with van der Waals surface area (Å²) in [5.74, 6) is 0.335. The molecule has 0 aliphatic carbocycles. The predicted molar refractivity (Wildman–Crippen MR) is 126 cm³/mol. The molecule has 164 valence electrons. The molecule has 7 heteroatoms. The van der Waals surface area contributed by atoms with Crippen molar-refractivity contribution in [2.75, 3.05) is 5.75 Å². The third kappa shape index (κ3) is 4.45. The van der Waals surface area contributed by atoms with Crippen LogP contribution in [0, 0.1) is 0 Å². The Bertz CT molecular complexity index is 1150. The van der Waals surface area contributed by atoms with Crippen LogP contribution in [0.4, 0.5) is 0 Å². The number of sulfone groups is 1. The minimum Gasteiger partial charge on any atom is -0.507 e. The van der Waals surface area contributed by atoms with E-state index in [0.29, 0.717) is 6.42 Å². The quantitative estimate of drug-likeness (QED) is 0.511. The minimum absolute atomic E-state index is 0.0662. The Kier molecular flexibility index (Phi) is 6.29. The first-order chi connectivity index (χ1) is 14.8. The summed E-state index contributed by atoms with van der Waals surface area (Å²) >= 11 is 0. The van der Waals surface area contributed by atoms with Crippen molar-refractivity contribution in [3.63, 3.8) is 0 Å². The standard InChI is InChI=1S/C24H29BO5S/c1-3-6-17(13-18-10-11-21(26)20-8-5-4-7-19(18)20)9-12-22-24-16(2)15-31(28,29)23(24)14-25(27)30-22/h4-5,7-8,10-11,13,22-23,26-27H,3,6,9,12,14-15H2,1-2H3/b17-13+/t22-,23+/m1/s1. The van der Waals surface area contributed by atoms with Crippen molar-refractivity contribution in [1.82, 2.24) is 0 Å². The Morgan fingerprint density at radius 2 is 1.94 bits per heavy atom. The molecule has 1 fully saturated rings. The van der Waals surface area contributed by atoms with Crippen LogP contribution in [-0.2, 0) is 14.5 Å². The Morgan fingerprint density at radius 3 is 2.68 bits per heavy atom. The zero-order chi connectivity index (χ0) is 22.2. The first kappa shape index (κ1) is 22.1. The van der Waals surface area contributed by atoms with E-state index < -0.39 is 22.2 Å². The van der Waals surface area contributed by atoms with E-state index >= 15 is 0 Å². The highest BCUT2D eigenvalue weighted by Crippen LogP contribution is 2.39. The highest BCUT2D eigenvalue weighted by molar-refractivity contribution is 7.92. The minimum atomic E-state index is -3.24. The predicted octanol–water partition coefficient (Wildman–Crippen LogP) is 4.50. The average Bonchev–Trinajstić information content (AvgIpc) is 2.96. The van der Waals surface area contributed by atoms with Crippen LogP contribution < -0.4 is 0 Å². The van der Waals surface area contributed by atoms with Crippen LogP contribution in [0.25, 0.3) is 16.8 Å². The van der Waals surface area contributed by atoms with E-state index in [1.54, 1.807) is 6.07 Å². The molecule has 2 aliphatic rings. The van der Waals surface area contributed by atoms with E-state index in [1.807, 2.05) is 37.3 Å². The molecule has 2 N–H and O–H groups in total. The number of aromatic hydroxyl groups is 1. The number of hydrogen-bond acceptors (Lipinski definition) is 5. The molecule has 1 saturated heterocycles. The largest absolute Gasteiger partial charge is 0.507 e. The van der Waals surface area contributed by atoms with Crippen molar-refractivity contribution in [3.05, 3.63) is 58.7 Å². The number of phenolic OH excluding ortho intramolecular Hbond substituents is 1. The first-order valence-corrected chi connectivity index (χ1v) is 12.7. The second-order valence-corrected chi connectivity index (χ2v) is 10.8. The fraction of sp³-hybridized carbons (Fsp3) is 0.417. The molecule has 0 saturated carbocycles. The van der Waals surface area contributed by atoms with Gasteiger partial charge in [-0.25, -0.2) is 8.42 Å². The van der Waals surface area contributed by atoms with Crippen molar-refractivity contribution in [1.29, 1.82) is 0 Å². The number of benzene rings is 2. The maximum absolute atomic E-state index is 12.5. The van der Waals surface area contributed by atoms with Crippen molar-refractivity contribution < 1.29 is 23.2 Å². The maximum Gasteiger partial charge on any atom is 0.456 e. The summed E-state index contributed by atoms with van der Waals surface area (Å²) in [6, 6.07) is 11.4. The molecule has 5 nitrogen and oxygen atoms in total. The highest BCUT2D eigenvalue weighted by atomic mass is 32.2. The molecule has 31 heavy (non-hydrogen) atoms. The number of fused-ring (bicyclic) bond motifs is 2. The van der Waals surface area contributed by atoms with Crippen LogP contribution >= 0.6 is 0 Å². The molecule has 0 radical (unpaired) electrons. The van der Waals surface area contributed by atoms with E-state index in [-0.39, 0.29) is 23.9 Å². The molecule has 2 aromatic carbocycles. The van der Waals surface area contributed by atoms with Crippen LogP contribution in [0.2, 0.25) is 6.32 Å². The maximum atomic E-state index is 12.5. The Balaban J connectivity index is 1.60. The van der Waals surface area contributed by atoms with Crippen LogP contribution in [0.3, 0.4) is 0 Å². The molecule has 0 unspecified atom stereocenters. The summed E-state index contributed by atoms with van der Waals surface area (Å²) in [5.41, 5.74) is 4.03. The zero-order valence-corrected chi connectivity index (χ0v) is 18.9. The molecule has 0 bridgehead atoms. The van der Waals surface area contributed by atoms with Gasteiger partial charge in [0.15, 0.2) is 9.84 Å². The summed E-state index contributed by atoms with van der Waals surface area (Å²) in [6.07, 6.45) is 5.24. The number of rotatable bonds is 6. The fourth-order valence-electron chi connectivity index (χ4n) is 4.99. The molecule has 4 rings (SSSR count). The van der Waals surface area contributed by atoms with Gasteiger partial charge in [-0.2, -0.15) is 0 Å². The van der Waals surface area contributed by atoms with Gasteiger partial charge in [0.25, 0.3) is 0 Å². The van der Waals surface area contributed by atoms with E-state index in [4.69, 9.17) is 4.65 Å². The van der Waals surface area contributed by atoms with Crippen LogP contribution in [0.1, 0.15) is 45.1 Å². The van der Waals surface area contributed by atoms with Gasteiger partial charge in [-0.15, -0.1) is 0 Å². The number of phenols is 1. The lowest BCUT2D eigenvalue weighted by molar-refractivity contribution is 0.169. The Morgan fingerprint density at radius 1 is 1.19 bits per heavy atom. The summed E-state index contributed by atoms with van der Waals surface area (Å²) in [6.45, 7) is 4.00. The van der Waals surface area contributed by atoms with E-state index in [9.17, 15) is 18.5 Å². The van der Waals surface area contributed by atoms with Gasteiger partial charge in [-0.05, 0) is 48.8 Å². The van der Waals surface area contributed by atoms with Gasteiger partial charge >= 0.3 is 7.12 Å². The molecule has 0 aromatic heterocycles. The average molecular weight is 440 g/mol. The van der Waals surface area contributed by atoms with Crippen LogP contribution in [-0.4, -0.2) is 42.8 Å². The highest BCUT2D eigenvalue weighted by Gasteiger charge is 2.47. The molecule has 0 spiro atoms. The summed E-state index contributed by atoms with van der Waals surface area (Å²) in [7, 11) is -4.28. The van der Waals surface area contributed by atoms with Crippen molar-refractivity contribution >= 4 is 33.8 Å². The van der Waals surface area contributed by atoms with Crippen molar-refractivity contribution in [2.45, 2.75) is 57.2 Å². The fourth-order valence-corrected chi connectivity index (χ4v) is 7.16. The van der Waals surface area contributed by atoms with E-state index in [2.05, 4.69) is 13.0 Å². The van der Waals surface area contributed by atoms with Crippen molar-refractivity contribution in [2.24, 2.45) is 0 Å². The van der Waals surface area contributed by atoms with Crippen molar-refractivity contribution in [3.8, 4) is 5.75 Å². The molecule has 2 atom stereocenters. The summed E-state index contributed by atoms with van der Waals surface area (Å²) < 4.78 is 30.8. The van der Waals surface area contributed by atoms with E-state index in [0.717, 1.165) is 46.7 Å². The molecular formula is C24H29BO5S. The monoisotopic (exact) mass is 440 g/mol. The van der Waals surface area contributed by atoms with Gasteiger partial charge in [0.1, 0.15) is 5.75 Å². The van der Waals surface area contributed by atoms with Gasteiger partial charge in [0.05, 0.1) is 17.1 Å². The molecule has 0 amide bonds. The lowest BCUT2D eigenvalue weighted by atomic mass is 9.74. The Labute approximate surface area is 184 Å². The topological polar surface area (TPSA) is 83.8 Å². The second-order valence-electron chi connectivity index (χ2n) is 8.66. The summed E-state index contributed by atoms with van der Waals surface area (Å²) in [4.78, 5) is 0. The third-order valence-electron chi connectivity index (χ3n) is 6.37. The second kappa shape index (κ2) is 8.81. The zero-order valence-electron chi connectivity index (χ0n) is 18.0. The van der Waals surface area contributed by atoms with Gasteiger partial charge in [-0.3, -0.25) is 0 Å². The number of hydrogen-bond donors (Lipinski definition) is 2. The van der Waals surface area contributed by atoms with Gasteiger partial charge in [0, 0.05) is 11.7 Å². The lowest BCUT2D eigenvalue weighted by Crippen LogP contribution is -2.41.